The van der Waals surface area contributed by atoms with Crippen molar-refractivity contribution in [2.75, 3.05) is 7.11 Å². The molecule has 0 saturated carbocycles. The van der Waals surface area contributed by atoms with Crippen LogP contribution in [-0.4, -0.2) is 12.2 Å². The molecule has 1 heterocycles. The van der Waals surface area contributed by atoms with Crippen LogP contribution in [0.1, 0.15) is 16.5 Å². The maximum Gasteiger partial charge on any atom is 0.173 e. The van der Waals surface area contributed by atoms with E-state index in [9.17, 15) is 5.11 Å². The van der Waals surface area contributed by atoms with Gasteiger partial charge in [0, 0.05) is 4.88 Å². The van der Waals surface area contributed by atoms with Crippen molar-refractivity contribution in [1.29, 1.82) is 0 Å². The van der Waals surface area contributed by atoms with Crippen LogP contribution < -0.4 is 4.74 Å². The van der Waals surface area contributed by atoms with E-state index < -0.39 is 6.10 Å². The molecule has 1 atom stereocenters. The van der Waals surface area contributed by atoms with Gasteiger partial charge in [-0.2, -0.15) is 0 Å². The van der Waals surface area contributed by atoms with Crippen molar-refractivity contribution < 1.29 is 9.84 Å². The van der Waals surface area contributed by atoms with Crippen LogP contribution in [0.25, 0.3) is 0 Å². The second kappa shape index (κ2) is 4.47. The molecule has 2 rings (SSSR count). The van der Waals surface area contributed by atoms with Crippen molar-refractivity contribution in [2.24, 2.45) is 0 Å². The van der Waals surface area contributed by atoms with E-state index >= 15 is 0 Å². The third kappa shape index (κ3) is 2.19. The molecule has 0 aliphatic carbocycles. The zero-order valence-electron chi connectivity index (χ0n) is 8.38. The number of hydrogen-bond donors (Lipinski definition) is 1. The summed E-state index contributed by atoms with van der Waals surface area (Å²) in [6, 6.07) is 13.4. The molecule has 1 unspecified atom stereocenters. The summed E-state index contributed by atoms with van der Waals surface area (Å²) in [4.78, 5) is 0.901. The predicted octanol–water partition coefficient (Wildman–Crippen LogP) is 2.84. The first-order valence-corrected chi connectivity index (χ1v) is 5.49. The van der Waals surface area contributed by atoms with Crippen LogP contribution in [0.5, 0.6) is 5.06 Å². The minimum atomic E-state index is -0.555. The lowest BCUT2D eigenvalue weighted by Crippen LogP contribution is -1.95. The van der Waals surface area contributed by atoms with Gasteiger partial charge in [-0.25, -0.2) is 0 Å². The number of benzene rings is 1. The summed E-state index contributed by atoms with van der Waals surface area (Å²) in [5.74, 6) is 0. The third-order valence-corrected chi connectivity index (χ3v) is 3.29. The fourth-order valence-electron chi connectivity index (χ4n) is 1.39. The van der Waals surface area contributed by atoms with E-state index in [0.29, 0.717) is 0 Å². The van der Waals surface area contributed by atoms with Gasteiger partial charge < -0.3 is 9.84 Å². The van der Waals surface area contributed by atoms with E-state index in [0.717, 1.165) is 15.5 Å². The Morgan fingerprint density at radius 1 is 1.13 bits per heavy atom. The smallest absolute Gasteiger partial charge is 0.173 e. The minimum absolute atomic E-state index is 0.555. The summed E-state index contributed by atoms with van der Waals surface area (Å²) < 4.78 is 5.09. The van der Waals surface area contributed by atoms with E-state index in [2.05, 4.69) is 0 Å². The number of methoxy groups -OCH3 is 1. The number of aliphatic hydroxyl groups is 1. The highest BCUT2D eigenvalue weighted by Gasteiger charge is 2.12. The minimum Gasteiger partial charge on any atom is -0.487 e. The molecule has 3 heteroatoms. The van der Waals surface area contributed by atoms with E-state index in [4.69, 9.17) is 4.74 Å². The molecule has 0 saturated heterocycles. The highest BCUT2D eigenvalue weighted by atomic mass is 32.1. The third-order valence-electron chi connectivity index (χ3n) is 2.19. The van der Waals surface area contributed by atoms with Gasteiger partial charge >= 0.3 is 0 Å². The molecule has 15 heavy (non-hydrogen) atoms. The first kappa shape index (κ1) is 10.2. The van der Waals surface area contributed by atoms with E-state index in [-0.39, 0.29) is 0 Å². The molecule has 0 radical (unpaired) electrons. The Labute approximate surface area is 92.8 Å². The Kier molecular flexibility index (Phi) is 3.04. The number of aliphatic hydroxyl groups excluding tert-OH is 1. The predicted molar refractivity (Wildman–Crippen MR) is 61.4 cm³/mol. The lowest BCUT2D eigenvalue weighted by molar-refractivity contribution is 0.224. The lowest BCUT2D eigenvalue weighted by atomic mass is 10.1. The van der Waals surface area contributed by atoms with Crippen molar-refractivity contribution in [3.8, 4) is 5.06 Å². The van der Waals surface area contributed by atoms with Crippen LogP contribution >= 0.6 is 11.3 Å². The van der Waals surface area contributed by atoms with Crippen molar-refractivity contribution in [1.82, 2.24) is 0 Å². The topological polar surface area (TPSA) is 29.5 Å². The highest BCUT2D eigenvalue weighted by Crippen LogP contribution is 2.32. The van der Waals surface area contributed by atoms with Crippen LogP contribution in [0.15, 0.2) is 42.5 Å². The van der Waals surface area contributed by atoms with Gasteiger partial charge in [-0.1, -0.05) is 30.3 Å². The van der Waals surface area contributed by atoms with Gasteiger partial charge in [0.15, 0.2) is 5.06 Å². The molecule has 1 aromatic carbocycles. The molecule has 0 aliphatic heterocycles. The largest absolute Gasteiger partial charge is 0.487 e. The summed E-state index contributed by atoms with van der Waals surface area (Å²) in [7, 11) is 1.63. The Morgan fingerprint density at radius 2 is 1.87 bits per heavy atom. The van der Waals surface area contributed by atoms with Crippen LogP contribution in [0.3, 0.4) is 0 Å². The van der Waals surface area contributed by atoms with Crippen LogP contribution in [-0.2, 0) is 0 Å². The lowest BCUT2D eigenvalue weighted by Gasteiger charge is -2.07. The summed E-state index contributed by atoms with van der Waals surface area (Å²) in [5.41, 5.74) is 0.905. The van der Waals surface area contributed by atoms with Gasteiger partial charge in [-0.15, -0.1) is 11.3 Å². The van der Waals surface area contributed by atoms with Crippen LogP contribution in [0.4, 0.5) is 0 Å². The molecule has 0 fully saturated rings. The van der Waals surface area contributed by atoms with Gasteiger partial charge in [0.25, 0.3) is 0 Å². The van der Waals surface area contributed by atoms with Crippen LogP contribution in [0.2, 0.25) is 0 Å². The van der Waals surface area contributed by atoms with Gasteiger partial charge in [-0.3, -0.25) is 0 Å². The average Bonchev–Trinajstić information content (AvgIpc) is 2.78. The Morgan fingerprint density at radius 3 is 2.47 bits per heavy atom. The molecule has 78 valence electrons. The molecular formula is C12H12O2S. The zero-order valence-corrected chi connectivity index (χ0v) is 9.20. The van der Waals surface area contributed by atoms with E-state index in [1.54, 1.807) is 7.11 Å². The van der Waals surface area contributed by atoms with Crippen molar-refractivity contribution in [3.05, 3.63) is 52.9 Å². The summed E-state index contributed by atoms with van der Waals surface area (Å²) >= 11 is 1.46. The van der Waals surface area contributed by atoms with Crippen molar-refractivity contribution in [2.45, 2.75) is 6.10 Å². The summed E-state index contributed by atoms with van der Waals surface area (Å²) in [6.45, 7) is 0. The second-order valence-electron chi connectivity index (χ2n) is 3.17. The van der Waals surface area contributed by atoms with Gasteiger partial charge in [-0.05, 0) is 17.7 Å². The molecule has 1 N–H and O–H groups in total. The normalized spacial score (nSPS) is 12.4. The van der Waals surface area contributed by atoms with Gasteiger partial charge in [0.05, 0.1) is 7.11 Å². The maximum atomic E-state index is 10.1. The Bertz CT molecular complexity index is 422. The highest BCUT2D eigenvalue weighted by molar-refractivity contribution is 7.13. The van der Waals surface area contributed by atoms with E-state index in [1.807, 2.05) is 42.5 Å². The number of thiophene rings is 1. The molecule has 2 aromatic rings. The molecule has 2 nitrogen and oxygen atoms in total. The Hall–Kier alpha value is -1.32. The number of hydrogen-bond acceptors (Lipinski definition) is 3. The summed E-state index contributed by atoms with van der Waals surface area (Å²) in [6.07, 6.45) is -0.555. The van der Waals surface area contributed by atoms with E-state index in [1.165, 1.54) is 11.3 Å². The van der Waals surface area contributed by atoms with Crippen LogP contribution in [0, 0.1) is 0 Å². The summed E-state index contributed by atoms with van der Waals surface area (Å²) in [5, 5.41) is 10.9. The number of rotatable bonds is 3. The fourth-order valence-corrected chi connectivity index (χ4v) is 2.23. The SMILES string of the molecule is COc1ccc(C(O)c2ccccc2)s1. The van der Waals surface area contributed by atoms with Gasteiger partial charge in [0.2, 0.25) is 0 Å². The molecular weight excluding hydrogens is 208 g/mol. The molecule has 0 bridgehead atoms. The quantitative estimate of drug-likeness (QED) is 0.861. The molecule has 0 aliphatic rings. The zero-order chi connectivity index (χ0) is 10.7. The van der Waals surface area contributed by atoms with Gasteiger partial charge in [0.1, 0.15) is 6.10 Å². The standard InChI is InChI=1S/C12H12O2S/c1-14-11-8-7-10(15-11)12(13)9-5-3-2-4-6-9/h2-8,12-13H,1H3. The number of ether oxygens (including phenoxy) is 1. The molecule has 0 amide bonds. The fraction of sp³-hybridized carbons (Fsp3) is 0.167. The average molecular weight is 220 g/mol. The first-order chi connectivity index (χ1) is 7.31. The van der Waals surface area contributed by atoms with Crippen molar-refractivity contribution in [3.63, 3.8) is 0 Å². The van der Waals surface area contributed by atoms with Crippen molar-refractivity contribution >= 4 is 11.3 Å². The molecule has 1 aromatic heterocycles. The monoisotopic (exact) mass is 220 g/mol. The second-order valence-corrected chi connectivity index (χ2v) is 4.25. The molecule has 0 spiro atoms. The Balaban J connectivity index is 2.24. The maximum absolute atomic E-state index is 10.1. The first-order valence-electron chi connectivity index (χ1n) is 4.68.